The maximum Gasteiger partial charge on any atom is 0.396 e. The van der Waals surface area contributed by atoms with Gasteiger partial charge in [0, 0.05) is 29.2 Å². The average molecular weight is 372 g/mol. The summed E-state index contributed by atoms with van der Waals surface area (Å²) in [5.41, 5.74) is 6.34. The summed E-state index contributed by atoms with van der Waals surface area (Å²) in [5, 5.41) is 0.569. The molecule has 4 N–H and O–H groups in total. The number of fused-ring (bicyclic) bond motifs is 1. The van der Waals surface area contributed by atoms with Gasteiger partial charge in [-0.15, -0.1) is 0 Å². The molecular formula is C18H17N2O5P. The van der Waals surface area contributed by atoms with Crippen LogP contribution in [0.5, 0.6) is 0 Å². The summed E-state index contributed by atoms with van der Waals surface area (Å²) in [7, 11) is -4.88. The molecule has 0 saturated carbocycles. The molecule has 0 atom stereocenters. The molecule has 0 fully saturated rings. The Labute approximate surface area is 149 Å². The van der Waals surface area contributed by atoms with E-state index in [1.165, 1.54) is 12.1 Å². The molecule has 0 saturated heterocycles. The Bertz CT molecular complexity index is 1040. The van der Waals surface area contributed by atoms with Crippen molar-refractivity contribution < 1.29 is 23.9 Å². The minimum Gasteiger partial charge on any atom is -0.369 e. The first kappa shape index (κ1) is 18.1. The van der Waals surface area contributed by atoms with Crippen LogP contribution in [0.15, 0.2) is 54.7 Å². The zero-order valence-electron chi connectivity index (χ0n) is 13.7. The molecule has 0 aliphatic carbocycles. The third-order valence-corrected chi connectivity index (χ3v) is 4.82. The van der Waals surface area contributed by atoms with Gasteiger partial charge in [-0.05, 0) is 29.3 Å². The third kappa shape index (κ3) is 3.75. The van der Waals surface area contributed by atoms with E-state index in [2.05, 4.69) is 0 Å². The highest BCUT2D eigenvalue weighted by molar-refractivity contribution is 7.70. The molecule has 0 aliphatic rings. The molecule has 0 radical (unpaired) electrons. The third-order valence-electron chi connectivity index (χ3n) is 4.04. The van der Waals surface area contributed by atoms with Crippen LogP contribution in [0.25, 0.3) is 10.9 Å². The Kier molecular flexibility index (Phi) is 4.78. The quantitative estimate of drug-likeness (QED) is 0.572. The standard InChI is InChI=1S/C18H17N2O5P/c19-17(21)9-14-11-20(10-12-4-2-1-3-5-12)16-7-6-13(8-15(14)16)18(22)26(23,24)25/h1-8,11H,9-10H2,(H2,19,21)(H2,23,24,25). The highest BCUT2D eigenvalue weighted by Gasteiger charge is 2.28. The lowest BCUT2D eigenvalue weighted by Gasteiger charge is -2.07. The Morgan fingerprint density at radius 1 is 1.08 bits per heavy atom. The van der Waals surface area contributed by atoms with Crippen LogP contribution >= 0.6 is 7.60 Å². The van der Waals surface area contributed by atoms with Gasteiger partial charge < -0.3 is 20.1 Å². The number of benzene rings is 2. The molecule has 7 nitrogen and oxygen atoms in total. The molecule has 2 aromatic carbocycles. The summed E-state index contributed by atoms with van der Waals surface area (Å²) in [5.74, 6) is -0.532. The fourth-order valence-corrected chi connectivity index (χ4v) is 3.39. The summed E-state index contributed by atoms with van der Waals surface area (Å²) < 4.78 is 13.2. The number of carbonyl (C=O) groups is 2. The molecule has 134 valence electrons. The molecule has 0 spiro atoms. The second-order valence-electron chi connectivity index (χ2n) is 5.99. The molecule has 1 aromatic heterocycles. The maximum atomic E-state index is 11.9. The molecule has 1 heterocycles. The summed E-state index contributed by atoms with van der Waals surface area (Å²) in [6.45, 7) is 0.544. The van der Waals surface area contributed by atoms with Gasteiger partial charge in [0.1, 0.15) is 0 Å². The molecule has 8 heteroatoms. The second kappa shape index (κ2) is 6.88. The van der Waals surface area contributed by atoms with E-state index in [-0.39, 0.29) is 12.0 Å². The zero-order valence-corrected chi connectivity index (χ0v) is 14.6. The van der Waals surface area contributed by atoms with Crippen molar-refractivity contribution in [3.05, 3.63) is 71.4 Å². The fraction of sp³-hybridized carbons (Fsp3) is 0.111. The minimum atomic E-state index is -4.88. The van der Waals surface area contributed by atoms with E-state index < -0.39 is 19.0 Å². The van der Waals surface area contributed by atoms with Crippen molar-refractivity contribution in [1.29, 1.82) is 0 Å². The number of aromatic nitrogens is 1. The first-order chi connectivity index (χ1) is 12.3. The number of amides is 1. The number of nitrogens with two attached hydrogens (primary N) is 1. The van der Waals surface area contributed by atoms with Crippen LogP contribution < -0.4 is 5.73 Å². The van der Waals surface area contributed by atoms with Crippen LogP contribution in [-0.2, 0) is 22.3 Å². The van der Waals surface area contributed by atoms with Gasteiger partial charge in [-0.3, -0.25) is 14.2 Å². The molecule has 26 heavy (non-hydrogen) atoms. The lowest BCUT2D eigenvalue weighted by atomic mass is 10.1. The van der Waals surface area contributed by atoms with Crippen LogP contribution in [0.1, 0.15) is 21.5 Å². The minimum absolute atomic E-state index is 0.0359. The van der Waals surface area contributed by atoms with Crippen LogP contribution in [0, 0.1) is 0 Å². The van der Waals surface area contributed by atoms with Crippen molar-refractivity contribution in [2.75, 3.05) is 0 Å². The Balaban J connectivity index is 2.11. The number of primary amides is 1. The smallest absolute Gasteiger partial charge is 0.369 e. The van der Waals surface area contributed by atoms with Gasteiger partial charge in [-0.2, -0.15) is 0 Å². The molecular weight excluding hydrogens is 355 g/mol. The molecule has 3 aromatic rings. The van der Waals surface area contributed by atoms with Crippen molar-refractivity contribution in [2.24, 2.45) is 5.73 Å². The predicted octanol–water partition coefficient (Wildman–Crippen LogP) is 2.04. The molecule has 1 amide bonds. The normalized spacial score (nSPS) is 11.6. The van der Waals surface area contributed by atoms with Crippen molar-refractivity contribution >= 4 is 29.9 Å². The van der Waals surface area contributed by atoms with Crippen LogP contribution in [-0.4, -0.2) is 25.8 Å². The Hall–Kier alpha value is -2.73. The highest BCUT2D eigenvalue weighted by atomic mass is 31.2. The van der Waals surface area contributed by atoms with Gasteiger partial charge in [-0.1, -0.05) is 30.3 Å². The Morgan fingerprint density at radius 3 is 2.38 bits per heavy atom. The first-order valence-corrected chi connectivity index (χ1v) is 9.41. The molecule has 0 aliphatic heterocycles. The number of hydrogen-bond donors (Lipinski definition) is 3. The van der Waals surface area contributed by atoms with Crippen LogP contribution in [0.2, 0.25) is 0 Å². The lowest BCUT2D eigenvalue weighted by Crippen LogP contribution is -2.13. The summed E-state index contributed by atoms with van der Waals surface area (Å²) in [6.07, 6.45) is 1.74. The van der Waals surface area contributed by atoms with E-state index in [4.69, 9.17) is 15.5 Å². The summed E-state index contributed by atoms with van der Waals surface area (Å²) >= 11 is 0. The van der Waals surface area contributed by atoms with E-state index in [1.807, 2.05) is 34.9 Å². The van der Waals surface area contributed by atoms with Crippen molar-refractivity contribution in [2.45, 2.75) is 13.0 Å². The van der Waals surface area contributed by atoms with Crippen LogP contribution in [0.3, 0.4) is 0 Å². The molecule has 0 bridgehead atoms. The van der Waals surface area contributed by atoms with Crippen molar-refractivity contribution in [1.82, 2.24) is 4.57 Å². The SMILES string of the molecule is NC(=O)Cc1cn(Cc2ccccc2)c2ccc(C(=O)P(=O)(O)O)cc12. The van der Waals surface area contributed by atoms with E-state index >= 15 is 0 Å². The van der Waals surface area contributed by atoms with Gasteiger partial charge in [0.25, 0.3) is 5.52 Å². The zero-order chi connectivity index (χ0) is 18.9. The van der Waals surface area contributed by atoms with E-state index in [0.29, 0.717) is 17.5 Å². The van der Waals surface area contributed by atoms with Gasteiger partial charge in [0.05, 0.1) is 6.42 Å². The largest absolute Gasteiger partial charge is 0.396 e. The number of carbonyl (C=O) groups excluding carboxylic acids is 2. The topological polar surface area (TPSA) is 123 Å². The monoisotopic (exact) mass is 372 g/mol. The predicted molar refractivity (Wildman–Crippen MR) is 96.8 cm³/mol. The summed E-state index contributed by atoms with van der Waals surface area (Å²) in [4.78, 5) is 41.5. The maximum absolute atomic E-state index is 11.9. The lowest BCUT2D eigenvalue weighted by molar-refractivity contribution is -0.117. The second-order valence-corrected chi connectivity index (χ2v) is 7.49. The number of rotatable bonds is 6. The average Bonchev–Trinajstić information content (AvgIpc) is 2.90. The van der Waals surface area contributed by atoms with Gasteiger partial charge >= 0.3 is 7.60 Å². The van der Waals surface area contributed by atoms with E-state index in [1.54, 1.807) is 12.3 Å². The number of nitrogens with zero attached hydrogens (tertiary/aromatic N) is 1. The van der Waals surface area contributed by atoms with Gasteiger partial charge in [0.2, 0.25) is 5.91 Å². The van der Waals surface area contributed by atoms with Crippen molar-refractivity contribution in [3.8, 4) is 0 Å². The fourth-order valence-electron chi connectivity index (χ4n) is 2.91. The summed E-state index contributed by atoms with van der Waals surface area (Å²) in [6, 6.07) is 14.1. The number of hydrogen-bond acceptors (Lipinski definition) is 3. The van der Waals surface area contributed by atoms with Gasteiger partial charge in [-0.25, -0.2) is 0 Å². The van der Waals surface area contributed by atoms with E-state index in [0.717, 1.165) is 11.1 Å². The first-order valence-electron chi connectivity index (χ1n) is 7.80. The van der Waals surface area contributed by atoms with Gasteiger partial charge in [0.15, 0.2) is 0 Å². The van der Waals surface area contributed by atoms with E-state index in [9.17, 15) is 14.2 Å². The molecule has 3 rings (SSSR count). The van der Waals surface area contributed by atoms with Crippen LogP contribution in [0.4, 0.5) is 0 Å². The highest BCUT2D eigenvalue weighted by Crippen LogP contribution is 2.39. The Morgan fingerprint density at radius 2 is 1.77 bits per heavy atom. The van der Waals surface area contributed by atoms with Crippen molar-refractivity contribution in [3.63, 3.8) is 0 Å². The molecule has 0 unspecified atom stereocenters.